The Morgan fingerprint density at radius 2 is 2.15 bits per heavy atom. The molecule has 3 rings (SSSR count). The van der Waals surface area contributed by atoms with Crippen molar-refractivity contribution in [1.29, 1.82) is 0 Å². The third-order valence-electron chi connectivity index (χ3n) is 4.34. The number of hydrogen-bond acceptors (Lipinski definition) is 6. The van der Waals surface area contributed by atoms with E-state index in [9.17, 15) is 19.2 Å². The van der Waals surface area contributed by atoms with Crippen molar-refractivity contribution in [3.8, 4) is 5.75 Å². The Labute approximate surface area is 153 Å². The van der Waals surface area contributed by atoms with E-state index in [-0.39, 0.29) is 30.1 Å². The maximum absolute atomic E-state index is 12.8. The molecular formula is C17H18N4O6. The number of nitrogens with zero attached hydrogens (tertiary/aromatic N) is 2. The molecule has 0 radical (unpaired) electrons. The number of imidazole rings is 1. The zero-order chi connectivity index (χ0) is 19.7. The minimum absolute atomic E-state index is 0.135. The second-order valence-electron chi connectivity index (χ2n) is 6.22. The van der Waals surface area contributed by atoms with Gasteiger partial charge >= 0.3 is 5.97 Å². The average Bonchev–Trinajstić information content (AvgIpc) is 2.89. The van der Waals surface area contributed by atoms with Gasteiger partial charge < -0.3 is 19.7 Å². The van der Waals surface area contributed by atoms with Crippen molar-refractivity contribution in [3.63, 3.8) is 0 Å². The predicted octanol–water partition coefficient (Wildman–Crippen LogP) is -0.120. The molecule has 0 bridgehead atoms. The summed E-state index contributed by atoms with van der Waals surface area (Å²) < 4.78 is 6.95. The van der Waals surface area contributed by atoms with Crippen LogP contribution in [0.2, 0.25) is 0 Å². The Kier molecular flexibility index (Phi) is 4.80. The summed E-state index contributed by atoms with van der Waals surface area (Å²) in [5.41, 5.74) is 1.15. The van der Waals surface area contributed by atoms with E-state index < -0.39 is 30.4 Å². The van der Waals surface area contributed by atoms with E-state index in [1.165, 1.54) is 6.07 Å². The van der Waals surface area contributed by atoms with E-state index in [2.05, 4.69) is 15.6 Å². The number of carbonyl (C=O) groups is 4. The Hall–Kier alpha value is -3.43. The van der Waals surface area contributed by atoms with Gasteiger partial charge in [0, 0.05) is 19.5 Å². The molecule has 2 heterocycles. The number of fused-ring (bicyclic) bond motifs is 1. The molecule has 1 atom stereocenters. The molecule has 0 aliphatic carbocycles. The maximum atomic E-state index is 12.8. The molecule has 1 fully saturated rings. The Morgan fingerprint density at radius 3 is 2.81 bits per heavy atom. The van der Waals surface area contributed by atoms with Gasteiger partial charge in [0.25, 0.3) is 5.91 Å². The van der Waals surface area contributed by atoms with Gasteiger partial charge in [-0.05, 0) is 19.4 Å². The normalized spacial score (nSPS) is 16.9. The van der Waals surface area contributed by atoms with Crippen molar-refractivity contribution in [2.75, 3.05) is 6.61 Å². The van der Waals surface area contributed by atoms with Gasteiger partial charge in [-0.25, -0.2) is 9.78 Å². The van der Waals surface area contributed by atoms with E-state index in [4.69, 9.17) is 9.84 Å². The summed E-state index contributed by atoms with van der Waals surface area (Å²) in [6.45, 7) is 1.20. The molecule has 2 aromatic rings. The van der Waals surface area contributed by atoms with Gasteiger partial charge in [-0.3, -0.25) is 19.7 Å². The van der Waals surface area contributed by atoms with Crippen LogP contribution >= 0.6 is 0 Å². The number of carbonyl (C=O) groups excluding carboxylic acids is 3. The summed E-state index contributed by atoms with van der Waals surface area (Å²) in [5, 5.41) is 13.6. The highest BCUT2D eigenvalue weighted by atomic mass is 16.5. The topological polar surface area (TPSA) is 140 Å². The first-order valence-electron chi connectivity index (χ1n) is 8.22. The van der Waals surface area contributed by atoms with Crippen molar-refractivity contribution < 1.29 is 29.0 Å². The van der Waals surface area contributed by atoms with Gasteiger partial charge in [0.1, 0.15) is 23.1 Å². The second kappa shape index (κ2) is 7.06. The third-order valence-corrected chi connectivity index (χ3v) is 4.34. The summed E-state index contributed by atoms with van der Waals surface area (Å²) in [6, 6.07) is 2.15. The second-order valence-corrected chi connectivity index (χ2v) is 6.22. The number of carboxylic acids is 1. The fourth-order valence-corrected chi connectivity index (χ4v) is 2.85. The third kappa shape index (κ3) is 3.73. The largest absolute Gasteiger partial charge is 0.482 e. The van der Waals surface area contributed by atoms with E-state index in [0.29, 0.717) is 16.9 Å². The lowest BCUT2D eigenvalue weighted by Gasteiger charge is -2.22. The zero-order valence-electron chi connectivity index (χ0n) is 14.7. The zero-order valence-corrected chi connectivity index (χ0v) is 14.7. The highest BCUT2D eigenvalue weighted by Crippen LogP contribution is 2.26. The monoisotopic (exact) mass is 374 g/mol. The Bertz CT molecular complexity index is 964. The van der Waals surface area contributed by atoms with E-state index in [1.807, 2.05) is 0 Å². The van der Waals surface area contributed by atoms with Gasteiger partial charge in [-0.1, -0.05) is 0 Å². The van der Waals surface area contributed by atoms with Crippen molar-refractivity contribution in [2.24, 2.45) is 7.05 Å². The summed E-state index contributed by atoms with van der Waals surface area (Å²) in [5.74, 6) is -1.81. The molecular weight excluding hydrogens is 356 g/mol. The van der Waals surface area contributed by atoms with Crippen LogP contribution in [0, 0.1) is 6.92 Å². The number of aromatic nitrogens is 2. The number of rotatable bonds is 5. The lowest BCUT2D eigenvalue weighted by molar-refractivity contribution is -0.139. The van der Waals surface area contributed by atoms with Crippen molar-refractivity contribution in [3.05, 3.63) is 23.5 Å². The number of aryl methyl sites for hydroxylation is 2. The molecule has 1 saturated heterocycles. The van der Waals surface area contributed by atoms with E-state index in [0.717, 1.165) is 0 Å². The number of carboxylic acid groups (broad SMARTS) is 1. The molecule has 1 aromatic heterocycles. The number of nitrogens with one attached hydrogen (secondary N) is 2. The Morgan fingerprint density at radius 1 is 1.41 bits per heavy atom. The quantitative estimate of drug-likeness (QED) is 0.620. The summed E-state index contributed by atoms with van der Waals surface area (Å²) in [4.78, 5) is 51.0. The van der Waals surface area contributed by atoms with Crippen LogP contribution in [0.4, 0.5) is 0 Å². The van der Waals surface area contributed by atoms with Crippen LogP contribution in [0.5, 0.6) is 5.75 Å². The van der Waals surface area contributed by atoms with E-state index >= 15 is 0 Å². The predicted molar refractivity (Wildman–Crippen MR) is 92.2 cm³/mol. The van der Waals surface area contributed by atoms with Crippen LogP contribution in [0.25, 0.3) is 11.0 Å². The molecule has 3 N–H and O–H groups in total. The molecule has 142 valence electrons. The van der Waals surface area contributed by atoms with Crippen LogP contribution in [0.3, 0.4) is 0 Å². The van der Waals surface area contributed by atoms with Crippen LogP contribution in [-0.4, -0.2) is 51.0 Å². The number of aliphatic carboxylic acids is 1. The number of hydrogen-bond donors (Lipinski definition) is 3. The first-order chi connectivity index (χ1) is 12.8. The standard InChI is InChI=1S/C17H18N4O6/c1-8-18-15-10(16(25)19-11-3-4-13(22)20-17(11)26)5-9(27-7-14(23)24)6-12(15)21(8)2/h5-6,11H,3-4,7H2,1-2H3,(H,19,25)(H,23,24)(H,20,22,26). The molecule has 0 spiro atoms. The van der Waals surface area contributed by atoms with Crippen molar-refractivity contribution >= 4 is 34.7 Å². The molecule has 0 saturated carbocycles. The van der Waals surface area contributed by atoms with Gasteiger partial charge in [0.05, 0.1) is 11.1 Å². The average molecular weight is 374 g/mol. The fourth-order valence-electron chi connectivity index (χ4n) is 2.85. The number of imide groups is 1. The minimum atomic E-state index is -1.15. The van der Waals surface area contributed by atoms with Crippen LogP contribution in [-0.2, 0) is 21.4 Å². The van der Waals surface area contributed by atoms with Crippen LogP contribution in [0.15, 0.2) is 12.1 Å². The lowest BCUT2D eigenvalue weighted by atomic mass is 10.0. The maximum Gasteiger partial charge on any atom is 0.341 e. The molecule has 10 nitrogen and oxygen atoms in total. The van der Waals surface area contributed by atoms with E-state index in [1.54, 1.807) is 24.6 Å². The molecule has 27 heavy (non-hydrogen) atoms. The number of benzene rings is 1. The number of piperidine rings is 1. The molecule has 1 aromatic carbocycles. The SMILES string of the molecule is Cc1nc2c(C(=O)NC3CCC(=O)NC3=O)cc(OCC(=O)O)cc2n1C. The van der Waals surface area contributed by atoms with Crippen molar-refractivity contribution in [2.45, 2.75) is 25.8 Å². The smallest absolute Gasteiger partial charge is 0.341 e. The summed E-state index contributed by atoms with van der Waals surface area (Å²) in [6.07, 6.45) is 0.340. The highest BCUT2D eigenvalue weighted by Gasteiger charge is 2.29. The molecule has 3 amide bonds. The first-order valence-corrected chi connectivity index (χ1v) is 8.22. The van der Waals surface area contributed by atoms with Crippen LogP contribution < -0.4 is 15.4 Å². The molecule has 1 unspecified atom stereocenters. The molecule has 1 aliphatic heterocycles. The highest BCUT2D eigenvalue weighted by molar-refractivity contribution is 6.08. The fraction of sp³-hybridized carbons (Fsp3) is 0.353. The van der Waals surface area contributed by atoms with Crippen molar-refractivity contribution in [1.82, 2.24) is 20.2 Å². The van der Waals surface area contributed by atoms with Gasteiger partial charge in [0.2, 0.25) is 11.8 Å². The number of amides is 3. The Balaban J connectivity index is 1.94. The van der Waals surface area contributed by atoms with Gasteiger partial charge in [-0.15, -0.1) is 0 Å². The summed E-state index contributed by atoms with van der Waals surface area (Å²) in [7, 11) is 1.76. The van der Waals surface area contributed by atoms with Crippen LogP contribution in [0.1, 0.15) is 29.0 Å². The summed E-state index contributed by atoms with van der Waals surface area (Å²) >= 11 is 0. The lowest BCUT2D eigenvalue weighted by Crippen LogP contribution is -2.52. The minimum Gasteiger partial charge on any atom is -0.482 e. The number of ether oxygens (including phenoxy) is 1. The van der Waals surface area contributed by atoms with Gasteiger partial charge in [0.15, 0.2) is 6.61 Å². The van der Waals surface area contributed by atoms with Gasteiger partial charge in [-0.2, -0.15) is 0 Å². The molecule has 1 aliphatic rings. The molecule has 10 heteroatoms. The first kappa shape index (κ1) is 18.4.